The number of aryl methyl sites for hydroxylation is 1. The molecule has 0 aromatic carbocycles. The van der Waals surface area contributed by atoms with Crippen molar-refractivity contribution in [3.05, 3.63) is 29.6 Å². The van der Waals surface area contributed by atoms with E-state index in [9.17, 15) is 0 Å². The lowest BCUT2D eigenvalue weighted by Crippen LogP contribution is -2.04. The number of aliphatic hydroxyl groups is 1. The maximum atomic E-state index is 9.08. The average molecular weight is 151 g/mol. The lowest BCUT2D eigenvalue weighted by molar-refractivity contribution is 0.195. The zero-order valence-electron chi connectivity index (χ0n) is 6.91. The van der Waals surface area contributed by atoms with Gasteiger partial charge in [-0.3, -0.25) is 4.98 Å². The van der Waals surface area contributed by atoms with E-state index in [1.807, 2.05) is 19.1 Å². The first-order chi connectivity index (χ1) is 5.18. The van der Waals surface area contributed by atoms with E-state index in [4.69, 9.17) is 5.11 Å². The fourth-order valence-corrected chi connectivity index (χ4v) is 1.07. The molecule has 1 rings (SSSR count). The Hall–Kier alpha value is -0.890. The van der Waals surface area contributed by atoms with Crippen LogP contribution in [0.2, 0.25) is 0 Å². The van der Waals surface area contributed by atoms with Crippen LogP contribution in [0.4, 0.5) is 0 Å². The van der Waals surface area contributed by atoms with Crippen molar-refractivity contribution in [2.24, 2.45) is 0 Å². The Bertz CT molecular complexity index is 233. The molecule has 60 valence electrons. The second kappa shape index (κ2) is 3.49. The quantitative estimate of drug-likeness (QED) is 0.691. The van der Waals surface area contributed by atoms with Crippen molar-refractivity contribution in [1.82, 2.24) is 4.98 Å². The third-order valence-electron chi connectivity index (χ3n) is 1.49. The van der Waals surface area contributed by atoms with Crippen LogP contribution in [0.25, 0.3) is 0 Å². The van der Waals surface area contributed by atoms with Crippen LogP contribution in [0.15, 0.2) is 18.3 Å². The molecule has 1 aromatic heterocycles. The second-order valence-corrected chi connectivity index (χ2v) is 2.86. The Morgan fingerprint density at radius 3 is 2.91 bits per heavy atom. The van der Waals surface area contributed by atoms with Crippen molar-refractivity contribution in [2.75, 3.05) is 0 Å². The number of hydrogen-bond acceptors (Lipinski definition) is 2. The average Bonchev–Trinajstić information content (AvgIpc) is 1.85. The summed E-state index contributed by atoms with van der Waals surface area (Å²) in [4.78, 5) is 4.07. The number of aromatic nitrogens is 1. The molecule has 0 aliphatic rings. The molecule has 0 bridgehead atoms. The van der Waals surface area contributed by atoms with Crippen LogP contribution in [0.1, 0.15) is 18.2 Å². The topological polar surface area (TPSA) is 33.1 Å². The first-order valence-electron chi connectivity index (χ1n) is 3.78. The molecule has 0 spiro atoms. The Morgan fingerprint density at radius 1 is 1.64 bits per heavy atom. The molecule has 0 saturated carbocycles. The minimum absolute atomic E-state index is 0.267. The molecule has 0 radical (unpaired) electrons. The predicted octanol–water partition coefficient (Wildman–Crippen LogP) is 1.31. The molecule has 1 heterocycles. The second-order valence-electron chi connectivity index (χ2n) is 2.86. The SMILES string of the molecule is Cc1cc(C[C@H](C)O)ccn1. The van der Waals surface area contributed by atoms with E-state index in [1.165, 1.54) is 0 Å². The smallest absolute Gasteiger partial charge is 0.0552 e. The third-order valence-corrected chi connectivity index (χ3v) is 1.49. The van der Waals surface area contributed by atoms with E-state index in [-0.39, 0.29) is 6.10 Å². The van der Waals surface area contributed by atoms with E-state index in [0.717, 1.165) is 11.3 Å². The Kier molecular flexibility index (Phi) is 2.60. The zero-order chi connectivity index (χ0) is 8.27. The number of nitrogens with zero attached hydrogens (tertiary/aromatic N) is 1. The van der Waals surface area contributed by atoms with E-state index in [0.29, 0.717) is 6.42 Å². The van der Waals surface area contributed by atoms with E-state index in [2.05, 4.69) is 4.98 Å². The van der Waals surface area contributed by atoms with Gasteiger partial charge < -0.3 is 5.11 Å². The van der Waals surface area contributed by atoms with Gasteiger partial charge in [0.05, 0.1) is 6.10 Å². The van der Waals surface area contributed by atoms with Crippen LogP contribution in [0.5, 0.6) is 0 Å². The Morgan fingerprint density at radius 2 is 2.36 bits per heavy atom. The van der Waals surface area contributed by atoms with Crippen LogP contribution >= 0.6 is 0 Å². The molecule has 11 heavy (non-hydrogen) atoms. The predicted molar refractivity (Wildman–Crippen MR) is 44.4 cm³/mol. The van der Waals surface area contributed by atoms with Crippen LogP contribution in [0.3, 0.4) is 0 Å². The minimum Gasteiger partial charge on any atom is -0.393 e. The summed E-state index contributed by atoms with van der Waals surface area (Å²) in [6.07, 6.45) is 2.22. The summed E-state index contributed by atoms with van der Waals surface area (Å²) in [6, 6.07) is 3.92. The Balaban J connectivity index is 2.71. The normalized spacial score (nSPS) is 13.0. The highest BCUT2D eigenvalue weighted by Crippen LogP contribution is 2.03. The standard InChI is InChI=1S/C9H13NO/c1-7-5-9(3-4-10-7)6-8(2)11/h3-5,8,11H,6H2,1-2H3/t8-/m0/s1. The first-order valence-corrected chi connectivity index (χ1v) is 3.78. The summed E-state index contributed by atoms with van der Waals surface area (Å²) in [6.45, 7) is 3.74. The van der Waals surface area contributed by atoms with Gasteiger partial charge in [0.1, 0.15) is 0 Å². The van der Waals surface area contributed by atoms with E-state index < -0.39 is 0 Å². The number of hydrogen-bond donors (Lipinski definition) is 1. The molecule has 1 N–H and O–H groups in total. The van der Waals surface area contributed by atoms with Crippen molar-refractivity contribution >= 4 is 0 Å². The van der Waals surface area contributed by atoms with Crippen LogP contribution in [0, 0.1) is 6.92 Å². The minimum atomic E-state index is -0.267. The molecule has 2 nitrogen and oxygen atoms in total. The summed E-state index contributed by atoms with van der Waals surface area (Å²) >= 11 is 0. The van der Waals surface area contributed by atoms with Gasteiger partial charge in [-0.15, -0.1) is 0 Å². The maximum Gasteiger partial charge on any atom is 0.0552 e. The van der Waals surface area contributed by atoms with Crippen LogP contribution in [-0.4, -0.2) is 16.2 Å². The fourth-order valence-electron chi connectivity index (χ4n) is 1.07. The van der Waals surface area contributed by atoms with Gasteiger partial charge in [-0.1, -0.05) is 0 Å². The highest BCUT2D eigenvalue weighted by Gasteiger charge is 1.98. The van der Waals surface area contributed by atoms with Crippen molar-refractivity contribution in [3.8, 4) is 0 Å². The third kappa shape index (κ3) is 2.68. The molecule has 0 amide bonds. The number of rotatable bonds is 2. The molecule has 0 unspecified atom stereocenters. The number of aliphatic hydroxyl groups excluding tert-OH is 1. The maximum absolute atomic E-state index is 9.08. The summed E-state index contributed by atoms with van der Waals surface area (Å²) in [5, 5.41) is 9.08. The van der Waals surface area contributed by atoms with E-state index in [1.54, 1.807) is 13.1 Å². The molecule has 2 heteroatoms. The largest absolute Gasteiger partial charge is 0.393 e. The molecule has 0 aliphatic heterocycles. The summed E-state index contributed by atoms with van der Waals surface area (Å²) in [5.41, 5.74) is 2.15. The summed E-state index contributed by atoms with van der Waals surface area (Å²) < 4.78 is 0. The van der Waals surface area contributed by atoms with Gasteiger partial charge in [0.2, 0.25) is 0 Å². The van der Waals surface area contributed by atoms with E-state index >= 15 is 0 Å². The van der Waals surface area contributed by atoms with Gasteiger partial charge in [0.15, 0.2) is 0 Å². The lowest BCUT2D eigenvalue weighted by atomic mass is 10.1. The Labute approximate surface area is 66.9 Å². The van der Waals surface area contributed by atoms with Gasteiger partial charge >= 0.3 is 0 Å². The van der Waals surface area contributed by atoms with Gasteiger partial charge in [0.25, 0.3) is 0 Å². The monoisotopic (exact) mass is 151 g/mol. The molecule has 1 atom stereocenters. The zero-order valence-corrected chi connectivity index (χ0v) is 6.91. The van der Waals surface area contributed by atoms with Crippen LogP contribution in [-0.2, 0) is 6.42 Å². The van der Waals surface area contributed by atoms with Gasteiger partial charge in [0, 0.05) is 11.9 Å². The van der Waals surface area contributed by atoms with Crippen molar-refractivity contribution in [1.29, 1.82) is 0 Å². The first kappa shape index (κ1) is 8.21. The summed E-state index contributed by atoms with van der Waals surface area (Å²) in [7, 11) is 0. The molecule has 0 fully saturated rings. The number of pyridine rings is 1. The molecule has 0 saturated heterocycles. The fraction of sp³-hybridized carbons (Fsp3) is 0.444. The highest BCUT2D eigenvalue weighted by molar-refractivity contribution is 5.15. The van der Waals surface area contributed by atoms with Gasteiger partial charge in [-0.25, -0.2) is 0 Å². The molecular weight excluding hydrogens is 138 g/mol. The molecular formula is C9H13NO. The summed E-state index contributed by atoms with van der Waals surface area (Å²) in [5.74, 6) is 0. The molecule has 1 aromatic rings. The molecule has 0 aliphatic carbocycles. The van der Waals surface area contributed by atoms with Crippen LogP contribution < -0.4 is 0 Å². The highest BCUT2D eigenvalue weighted by atomic mass is 16.3. The van der Waals surface area contributed by atoms with Crippen molar-refractivity contribution in [3.63, 3.8) is 0 Å². The lowest BCUT2D eigenvalue weighted by Gasteiger charge is -2.03. The van der Waals surface area contributed by atoms with Crippen molar-refractivity contribution < 1.29 is 5.11 Å². The van der Waals surface area contributed by atoms with Gasteiger partial charge in [-0.05, 0) is 38.0 Å². The van der Waals surface area contributed by atoms with Gasteiger partial charge in [-0.2, -0.15) is 0 Å². The van der Waals surface area contributed by atoms with Crippen molar-refractivity contribution in [2.45, 2.75) is 26.4 Å².